The van der Waals surface area contributed by atoms with Gasteiger partial charge in [0.2, 0.25) is 11.8 Å². The lowest BCUT2D eigenvalue weighted by Gasteiger charge is -2.18. The van der Waals surface area contributed by atoms with E-state index in [0.29, 0.717) is 22.1 Å². The summed E-state index contributed by atoms with van der Waals surface area (Å²) < 4.78 is 0. The van der Waals surface area contributed by atoms with Gasteiger partial charge in [0.05, 0.1) is 17.3 Å². The van der Waals surface area contributed by atoms with Crippen LogP contribution in [0.4, 0.5) is 21.9 Å². The van der Waals surface area contributed by atoms with Crippen molar-refractivity contribution in [3.8, 4) is 0 Å². The number of rotatable bonds is 5. The maximum Gasteiger partial charge on any atom is 0.319 e. The molecule has 4 amide bonds. The van der Waals surface area contributed by atoms with Crippen LogP contribution in [0.1, 0.15) is 20.3 Å². The fourth-order valence-corrected chi connectivity index (χ4v) is 3.32. The molecule has 8 heteroatoms. The van der Waals surface area contributed by atoms with E-state index in [1.807, 2.05) is 13.8 Å². The molecule has 0 spiro atoms. The molecule has 7 nitrogen and oxygen atoms in total. The first kappa shape index (κ1) is 20.7. The third kappa shape index (κ3) is 5.26. The first-order valence-electron chi connectivity index (χ1n) is 9.37. The molecule has 1 aliphatic heterocycles. The summed E-state index contributed by atoms with van der Waals surface area (Å²) >= 11 is 6.01. The summed E-state index contributed by atoms with van der Waals surface area (Å²) in [4.78, 5) is 38.7. The number of nitrogens with zero attached hydrogens (tertiary/aromatic N) is 1. The number of carbonyl (C=O) groups is 3. The third-order valence-electron chi connectivity index (χ3n) is 4.47. The summed E-state index contributed by atoms with van der Waals surface area (Å²) in [5.41, 5.74) is 1.63. The maximum atomic E-state index is 12.8. The van der Waals surface area contributed by atoms with Gasteiger partial charge in [-0.3, -0.25) is 9.59 Å². The summed E-state index contributed by atoms with van der Waals surface area (Å²) in [5, 5.41) is 8.83. The van der Waals surface area contributed by atoms with Gasteiger partial charge in [-0.05, 0) is 44.2 Å². The summed E-state index contributed by atoms with van der Waals surface area (Å²) in [5.74, 6) is -0.907. The second-order valence-electron chi connectivity index (χ2n) is 7.17. The average Bonchev–Trinajstić information content (AvgIpc) is 3.04. The van der Waals surface area contributed by atoms with Gasteiger partial charge in [0.15, 0.2) is 0 Å². The number of para-hydroxylation sites is 2. The van der Waals surface area contributed by atoms with Crippen molar-refractivity contribution in [2.24, 2.45) is 5.92 Å². The summed E-state index contributed by atoms with van der Waals surface area (Å²) in [6.45, 7) is 3.99. The molecule has 3 N–H and O–H groups in total. The Morgan fingerprint density at radius 1 is 1.07 bits per heavy atom. The smallest absolute Gasteiger partial charge is 0.319 e. The maximum absolute atomic E-state index is 12.8. The predicted octanol–water partition coefficient (Wildman–Crippen LogP) is 3.86. The molecule has 0 bridgehead atoms. The van der Waals surface area contributed by atoms with E-state index >= 15 is 0 Å². The summed E-state index contributed by atoms with van der Waals surface area (Å²) in [6.07, 6.45) is 0.113. The van der Waals surface area contributed by atoms with Crippen LogP contribution in [0.25, 0.3) is 0 Å². The number of carbonyl (C=O) groups excluding carboxylic acids is 3. The van der Waals surface area contributed by atoms with Crippen molar-refractivity contribution < 1.29 is 14.4 Å². The van der Waals surface area contributed by atoms with Crippen LogP contribution < -0.4 is 20.9 Å². The number of hydrogen-bond donors (Lipinski definition) is 3. The van der Waals surface area contributed by atoms with E-state index in [-0.39, 0.29) is 36.9 Å². The van der Waals surface area contributed by atoms with Crippen LogP contribution in [0.3, 0.4) is 0 Å². The molecular weight excluding hydrogens is 392 g/mol. The number of benzene rings is 2. The monoisotopic (exact) mass is 414 g/mol. The molecule has 0 radical (unpaired) electrons. The minimum Gasteiger partial charge on any atom is -0.336 e. The number of amides is 4. The van der Waals surface area contributed by atoms with Gasteiger partial charge in [-0.1, -0.05) is 29.8 Å². The van der Waals surface area contributed by atoms with Gasteiger partial charge in [-0.25, -0.2) is 4.79 Å². The quantitative estimate of drug-likeness (QED) is 0.693. The van der Waals surface area contributed by atoms with Crippen LogP contribution in [0.2, 0.25) is 5.02 Å². The van der Waals surface area contributed by atoms with E-state index in [4.69, 9.17) is 11.6 Å². The summed E-state index contributed by atoms with van der Waals surface area (Å²) in [7, 11) is 0. The van der Waals surface area contributed by atoms with Crippen LogP contribution in [0, 0.1) is 5.92 Å². The predicted molar refractivity (Wildman–Crippen MR) is 114 cm³/mol. The van der Waals surface area contributed by atoms with Gasteiger partial charge in [-0.15, -0.1) is 0 Å². The second kappa shape index (κ2) is 8.96. The largest absolute Gasteiger partial charge is 0.336 e. The lowest BCUT2D eigenvalue weighted by molar-refractivity contribution is -0.122. The molecule has 0 aromatic heterocycles. The Hall–Kier alpha value is -3.06. The van der Waals surface area contributed by atoms with Crippen molar-refractivity contribution in [3.63, 3.8) is 0 Å². The van der Waals surface area contributed by atoms with E-state index in [0.717, 1.165) is 0 Å². The molecule has 2 aromatic rings. The van der Waals surface area contributed by atoms with E-state index in [9.17, 15) is 14.4 Å². The molecule has 1 unspecified atom stereocenters. The first-order chi connectivity index (χ1) is 13.8. The van der Waals surface area contributed by atoms with Crippen LogP contribution in [-0.2, 0) is 9.59 Å². The van der Waals surface area contributed by atoms with Crippen molar-refractivity contribution in [1.29, 1.82) is 0 Å². The molecule has 29 heavy (non-hydrogen) atoms. The molecule has 3 rings (SSSR count). The zero-order valence-corrected chi connectivity index (χ0v) is 17.0. The van der Waals surface area contributed by atoms with E-state index in [1.165, 1.54) is 0 Å². The highest BCUT2D eigenvalue weighted by Gasteiger charge is 2.35. The number of nitrogens with one attached hydrogen (secondary N) is 3. The molecule has 1 saturated heterocycles. The highest BCUT2D eigenvalue weighted by Crippen LogP contribution is 2.29. The molecule has 152 valence electrons. The van der Waals surface area contributed by atoms with Crippen molar-refractivity contribution >= 4 is 46.5 Å². The number of urea groups is 1. The van der Waals surface area contributed by atoms with Gasteiger partial charge in [0.1, 0.15) is 0 Å². The molecular formula is C21H23ClN4O3. The molecule has 2 aromatic carbocycles. The Kier molecular flexibility index (Phi) is 6.39. The van der Waals surface area contributed by atoms with Gasteiger partial charge < -0.3 is 20.9 Å². The molecule has 1 aliphatic rings. The van der Waals surface area contributed by atoms with Crippen LogP contribution in [-0.4, -0.2) is 30.4 Å². The zero-order chi connectivity index (χ0) is 21.0. The Morgan fingerprint density at radius 2 is 1.76 bits per heavy atom. The lowest BCUT2D eigenvalue weighted by atomic mass is 10.1. The average molecular weight is 415 g/mol. The molecule has 1 heterocycles. The Bertz CT molecular complexity index is 932. The van der Waals surface area contributed by atoms with Crippen molar-refractivity contribution in [2.45, 2.75) is 26.3 Å². The zero-order valence-electron chi connectivity index (χ0n) is 16.2. The SMILES string of the molecule is CC(C)NC(=O)Nc1ccccc1NC(=O)C1CC(=O)N(c2cccc(Cl)c2)C1. The van der Waals surface area contributed by atoms with Crippen LogP contribution in [0.5, 0.6) is 0 Å². The van der Waals surface area contributed by atoms with E-state index in [2.05, 4.69) is 16.0 Å². The topological polar surface area (TPSA) is 90.5 Å². The van der Waals surface area contributed by atoms with Crippen LogP contribution >= 0.6 is 11.6 Å². The van der Waals surface area contributed by atoms with Gasteiger partial charge >= 0.3 is 6.03 Å². The van der Waals surface area contributed by atoms with E-state index < -0.39 is 5.92 Å². The minimum absolute atomic E-state index is 0.0151. The normalized spacial score (nSPS) is 16.1. The highest BCUT2D eigenvalue weighted by atomic mass is 35.5. The molecule has 0 aliphatic carbocycles. The lowest BCUT2D eigenvalue weighted by Crippen LogP contribution is -2.34. The van der Waals surface area contributed by atoms with Gasteiger partial charge in [-0.2, -0.15) is 0 Å². The Labute approximate surface area is 174 Å². The third-order valence-corrected chi connectivity index (χ3v) is 4.70. The second-order valence-corrected chi connectivity index (χ2v) is 7.61. The fourth-order valence-electron chi connectivity index (χ4n) is 3.13. The number of halogens is 1. The van der Waals surface area contributed by atoms with Crippen molar-refractivity contribution in [2.75, 3.05) is 22.1 Å². The number of anilines is 3. The van der Waals surface area contributed by atoms with E-state index in [1.54, 1.807) is 53.4 Å². The molecule has 0 saturated carbocycles. The van der Waals surface area contributed by atoms with Gasteiger partial charge in [0.25, 0.3) is 0 Å². The van der Waals surface area contributed by atoms with Crippen molar-refractivity contribution in [3.05, 3.63) is 53.6 Å². The highest BCUT2D eigenvalue weighted by molar-refractivity contribution is 6.31. The summed E-state index contributed by atoms with van der Waals surface area (Å²) in [6, 6.07) is 13.5. The standard InChI is InChI=1S/C21H23ClN4O3/c1-13(2)23-21(29)25-18-9-4-3-8-17(18)24-20(28)14-10-19(27)26(12-14)16-7-5-6-15(22)11-16/h3-9,11,13-14H,10,12H2,1-2H3,(H,24,28)(H2,23,25,29). The van der Waals surface area contributed by atoms with Crippen molar-refractivity contribution in [1.82, 2.24) is 5.32 Å². The fraction of sp³-hybridized carbons (Fsp3) is 0.286. The minimum atomic E-state index is -0.501. The Morgan fingerprint density at radius 3 is 2.41 bits per heavy atom. The number of hydrogen-bond acceptors (Lipinski definition) is 3. The molecule has 1 fully saturated rings. The molecule has 1 atom stereocenters. The van der Waals surface area contributed by atoms with Gasteiger partial charge in [0, 0.05) is 29.7 Å². The first-order valence-corrected chi connectivity index (χ1v) is 9.74. The van der Waals surface area contributed by atoms with Crippen LogP contribution in [0.15, 0.2) is 48.5 Å². The Balaban J connectivity index is 1.68.